The first-order chi connectivity index (χ1) is 20.1. The summed E-state index contributed by atoms with van der Waals surface area (Å²) in [6.45, 7) is 1.35. The van der Waals surface area contributed by atoms with Crippen LogP contribution in [-0.2, 0) is 4.79 Å². The minimum absolute atomic E-state index is 0.0151. The maximum Gasteiger partial charge on any atom is 0.401 e. The third-order valence-electron chi connectivity index (χ3n) is 6.41. The fourth-order valence-corrected chi connectivity index (χ4v) is 4.48. The molecule has 4 N–H and O–H groups in total. The monoisotopic (exact) mass is 610 g/mol. The molecule has 0 aliphatic carbocycles. The number of nitrogens with one attached hydrogen (secondary N) is 4. The number of alkyl halides is 5. The smallest absolute Gasteiger partial charge is 0.401 e. The Hall–Kier alpha value is -4.34. The number of amides is 2. The molecule has 1 saturated heterocycles. The van der Waals surface area contributed by atoms with Gasteiger partial charge in [-0.05, 0) is 39.0 Å². The standard InChI is InChI=1S/C27H31F5N8O3/c1-26(2,3)38-24(42)17-11-35-23-22(17)37-19(12-36-23)21(33)16-10-15(43-25(28)29)4-5-18(16)34-13-20(41)40-8-6-39(7-9-40)14-27(30,31)32/h4-5,10-12,25,33-34H,6-9,13-14H2,1-3H3,(H,35,36)(H,38,42). The predicted molar refractivity (Wildman–Crippen MR) is 148 cm³/mol. The summed E-state index contributed by atoms with van der Waals surface area (Å²) in [5.41, 5.74) is 0.194. The number of fused-ring (bicyclic) bond motifs is 1. The lowest BCUT2D eigenvalue weighted by Crippen LogP contribution is -2.52. The van der Waals surface area contributed by atoms with E-state index in [0.29, 0.717) is 5.65 Å². The number of carbonyl (C=O) groups excluding carboxylic acids is 2. The van der Waals surface area contributed by atoms with E-state index in [1.54, 1.807) is 0 Å². The van der Waals surface area contributed by atoms with Gasteiger partial charge in [0, 0.05) is 49.2 Å². The zero-order valence-electron chi connectivity index (χ0n) is 23.6. The molecule has 43 heavy (non-hydrogen) atoms. The van der Waals surface area contributed by atoms with Crippen molar-refractivity contribution in [1.29, 1.82) is 5.41 Å². The molecule has 1 aromatic carbocycles. The number of aromatic amines is 1. The minimum atomic E-state index is -4.33. The Morgan fingerprint density at radius 3 is 2.44 bits per heavy atom. The van der Waals surface area contributed by atoms with E-state index in [1.807, 2.05) is 20.8 Å². The molecule has 0 unspecified atom stereocenters. The molecule has 0 saturated carbocycles. The van der Waals surface area contributed by atoms with Crippen LogP contribution in [0.3, 0.4) is 0 Å². The molecule has 0 radical (unpaired) electrons. The number of ether oxygens (including phenoxy) is 1. The number of carbonyl (C=O) groups is 2. The van der Waals surface area contributed by atoms with E-state index in [4.69, 9.17) is 5.41 Å². The van der Waals surface area contributed by atoms with Gasteiger partial charge in [-0.25, -0.2) is 9.97 Å². The molecule has 2 aromatic heterocycles. The number of hydrogen-bond acceptors (Lipinski definition) is 8. The number of nitrogens with zero attached hydrogens (tertiary/aromatic N) is 4. The molecule has 3 heterocycles. The number of H-pyrrole nitrogens is 1. The molecular weight excluding hydrogens is 579 g/mol. The van der Waals surface area contributed by atoms with Crippen LogP contribution >= 0.6 is 0 Å². The molecule has 0 spiro atoms. The maximum atomic E-state index is 13.0. The number of anilines is 1. The van der Waals surface area contributed by atoms with E-state index in [2.05, 4.69) is 30.3 Å². The van der Waals surface area contributed by atoms with Gasteiger partial charge in [-0.15, -0.1) is 0 Å². The summed E-state index contributed by atoms with van der Waals surface area (Å²) in [6, 6.07) is 3.79. The second kappa shape index (κ2) is 12.5. The number of hydrogen-bond donors (Lipinski definition) is 4. The quantitative estimate of drug-likeness (QED) is 0.214. The average molecular weight is 611 g/mol. The van der Waals surface area contributed by atoms with E-state index in [0.717, 1.165) is 0 Å². The van der Waals surface area contributed by atoms with Gasteiger partial charge in [0.25, 0.3) is 5.91 Å². The lowest BCUT2D eigenvalue weighted by molar-refractivity contribution is -0.151. The van der Waals surface area contributed by atoms with Crippen molar-refractivity contribution in [3.8, 4) is 5.75 Å². The molecule has 2 amide bonds. The van der Waals surface area contributed by atoms with E-state index >= 15 is 0 Å². The first-order valence-electron chi connectivity index (χ1n) is 13.2. The van der Waals surface area contributed by atoms with Gasteiger partial charge >= 0.3 is 12.8 Å². The summed E-state index contributed by atoms with van der Waals surface area (Å²) in [6.07, 6.45) is -1.61. The van der Waals surface area contributed by atoms with Crippen molar-refractivity contribution in [3.63, 3.8) is 0 Å². The van der Waals surface area contributed by atoms with Crippen LogP contribution in [0.5, 0.6) is 5.75 Å². The summed E-state index contributed by atoms with van der Waals surface area (Å²) >= 11 is 0. The Bertz CT molecular complexity index is 1490. The van der Waals surface area contributed by atoms with Crippen LogP contribution in [0.2, 0.25) is 0 Å². The van der Waals surface area contributed by atoms with Gasteiger partial charge in [0.05, 0.1) is 30.6 Å². The van der Waals surface area contributed by atoms with Gasteiger partial charge in [-0.1, -0.05) is 0 Å². The van der Waals surface area contributed by atoms with Gasteiger partial charge < -0.3 is 25.3 Å². The van der Waals surface area contributed by atoms with Gasteiger partial charge in [-0.2, -0.15) is 22.0 Å². The topological polar surface area (TPSA) is 139 Å². The molecule has 0 atom stereocenters. The van der Waals surface area contributed by atoms with Gasteiger partial charge in [0.15, 0.2) is 5.65 Å². The zero-order valence-corrected chi connectivity index (χ0v) is 23.6. The molecule has 16 heteroatoms. The van der Waals surface area contributed by atoms with Crippen molar-refractivity contribution in [3.05, 3.63) is 47.4 Å². The number of benzene rings is 1. The van der Waals surface area contributed by atoms with E-state index in [1.165, 1.54) is 40.4 Å². The second-order valence-corrected chi connectivity index (χ2v) is 10.9. The number of halogens is 5. The molecular formula is C27H31F5N8O3. The highest BCUT2D eigenvalue weighted by atomic mass is 19.4. The van der Waals surface area contributed by atoms with Gasteiger partial charge in [0.1, 0.15) is 17.0 Å². The molecule has 1 fully saturated rings. The average Bonchev–Trinajstić information content (AvgIpc) is 3.33. The second-order valence-electron chi connectivity index (χ2n) is 10.9. The van der Waals surface area contributed by atoms with Crippen molar-refractivity contribution in [1.82, 2.24) is 30.1 Å². The SMILES string of the molecule is CC(C)(C)NC(=O)c1c[nH]c2ncc(C(=N)c3cc(OC(F)F)ccc3NCC(=O)N3CCN(CC(F)(F)F)CC3)nc12. The molecule has 1 aliphatic heterocycles. The third-order valence-corrected chi connectivity index (χ3v) is 6.41. The molecule has 232 valence electrons. The highest BCUT2D eigenvalue weighted by Crippen LogP contribution is 2.27. The largest absolute Gasteiger partial charge is 0.435 e. The normalized spacial score (nSPS) is 14.7. The zero-order chi connectivity index (χ0) is 31.5. The lowest BCUT2D eigenvalue weighted by Gasteiger charge is -2.35. The van der Waals surface area contributed by atoms with Crippen LogP contribution < -0.4 is 15.4 Å². The molecule has 1 aliphatic rings. The van der Waals surface area contributed by atoms with Crippen molar-refractivity contribution in [2.75, 3.05) is 44.6 Å². The Labute approximate surface area is 243 Å². The lowest BCUT2D eigenvalue weighted by atomic mass is 10.0. The maximum absolute atomic E-state index is 13.0. The molecule has 11 nitrogen and oxygen atoms in total. The fourth-order valence-electron chi connectivity index (χ4n) is 4.48. The summed E-state index contributed by atoms with van der Waals surface area (Å²) in [7, 11) is 0. The van der Waals surface area contributed by atoms with E-state index in [-0.39, 0.29) is 78.1 Å². The van der Waals surface area contributed by atoms with Crippen molar-refractivity contribution < 1.29 is 36.3 Å². The Morgan fingerprint density at radius 1 is 1.12 bits per heavy atom. The highest BCUT2D eigenvalue weighted by molar-refractivity contribution is 6.14. The number of aromatic nitrogens is 3. The summed E-state index contributed by atoms with van der Waals surface area (Å²) < 4.78 is 68.5. The molecule has 4 rings (SSSR count). The van der Waals surface area contributed by atoms with Crippen LogP contribution in [0.1, 0.15) is 42.4 Å². The highest BCUT2D eigenvalue weighted by Gasteiger charge is 2.33. The van der Waals surface area contributed by atoms with E-state index < -0.39 is 30.8 Å². The summed E-state index contributed by atoms with van der Waals surface area (Å²) in [5.74, 6) is -1.04. The Morgan fingerprint density at radius 2 is 1.81 bits per heavy atom. The number of piperazine rings is 1. The van der Waals surface area contributed by atoms with Crippen LogP contribution in [0.25, 0.3) is 11.2 Å². The Kier molecular flexibility index (Phi) is 9.18. The van der Waals surface area contributed by atoms with Crippen LogP contribution in [-0.4, -0.2) is 99.9 Å². The number of rotatable bonds is 9. The molecule has 3 aromatic rings. The molecule has 0 bridgehead atoms. The van der Waals surface area contributed by atoms with Crippen molar-refractivity contribution >= 4 is 34.4 Å². The third kappa shape index (κ3) is 8.37. The van der Waals surface area contributed by atoms with E-state index in [9.17, 15) is 31.5 Å². The first kappa shape index (κ1) is 31.6. The predicted octanol–water partition coefficient (Wildman–Crippen LogP) is 3.62. The van der Waals surface area contributed by atoms with Crippen LogP contribution in [0.4, 0.5) is 27.6 Å². The first-order valence-corrected chi connectivity index (χ1v) is 13.2. The van der Waals surface area contributed by atoms with Crippen molar-refractivity contribution in [2.45, 2.75) is 39.1 Å². The van der Waals surface area contributed by atoms with Crippen LogP contribution in [0.15, 0.2) is 30.6 Å². The van der Waals surface area contributed by atoms with Gasteiger partial charge in [-0.3, -0.25) is 19.9 Å². The summed E-state index contributed by atoms with van der Waals surface area (Å²) in [5, 5.41) is 14.5. The summed E-state index contributed by atoms with van der Waals surface area (Å²) in [4.78, 5) is 39.8. The van der Waals surface area contributed by atoms with Crippen LogP contribution in [0, 0.1) is 5.41 Å². The van der Waals surface area contributed by atoms with Gasteiger partial charge in [0.2, 0.25) is 5.91 Å². The fraction of sp³-hybridized carbons (Fsp3) is 0.444. The minimum Gasteiger partial charge on any atom is -0.435 e. The van der Waals surface area contributed by atoms with Crippen molar-refractivity contribution in [2.24, 2.45) is 0 Å². The Balaban J connectivity index is 1.54.